The van der Waals surface area contributed by atoms with E-state index in [1.165, 1.54) is 38.5 Å². The lowest BCUT2D eigenvalue weighted by Crippen LogP contribution is -2.04. The maximum atomic E-state index is 10.5. The van der Waals surface area contributed by atoms with Gasteiger partial charge < -0.3 is 5.11 Å². The van der Waals surface area contributed by atoms with Crippen LogP contribution in [-0.2, 0) is 4.79 Å². The van der Waals surface area contributed by atoms with Crippen molar-refractivity contribution in [3.05, 3.63) is 0 Å². The Morgan fingerprint density at radius 2 is 1.57 bits per heavy atom. The fourth-order valence-electron chi connectivity index (χ4n) is 1.75. The molecule has 0 fully saturated rings. The van der Waals surface area contributed by atoms with E-state index in [1.54, 1.807) is 0 Å². The molecule has 0 aliphatic heterocycles. The number of hydrogen-bond acceptors (Lipinski definition) is 1. The summed E-state index contributed by atoms with van der Waals surface area (Å²) in [4.78, 5) is 10.5. The molecular weight excluding hydrogens is 176 g/mol. The van der Waals surface area contributed by atoms with Gasteiger partial charge in [0.05, 0.1) is 0 Å². The highest BCUT2D eigenvalue weighted by Gasteiger charge is 2.09. The molecule has 0 spiro atoms. The Hall–Kier alpha value is -0.530. The average molecular weight is 200 g/mol. The first-order valence-corrected chi connectivity index (χ1v) is 5.92. The molecule has 2 nitrogen and oxygen atoms in total. The van der Waals surface area contributed by atoms with Crippen LogP contribution in [0.5, 0.6) is 0 Å². The van der Waals surface area contributed by atoms with Crippen molar-refractivity contribution in [3.63, 3.8) is 0 Å². The molecule has 0 heterocycles. The second-order valence-corrected chi connectivity index (χ2v) is 4.08. The lowest BCUT2D eigenvalue weighted by atomic mass is 9.92. The van der Waals surface area contributed by atoms with Gasteiger partial charge in [0.15, 0.2) is 0 Å². The van der Waals surface area contributed by atoms with Gasteiger partial charge in [0.25, 0.3) is 0 Å². The third kappa shape index (κ3) is 8.09. The molecule has 0 bridgehead atoms. The molecule has 14 heavy (non-hydrogen) atoms. The van der Waals surface area contributed by atoms with E-state index < -0.39 is 5.97 Å². The molecule has 0 radical (unpaired) electrons. The normalized spacial score (nSPS) is 10.8. The summed E-state index contributed by atoms with van der Waals surface area (Å²) in [5.74, 6) is -0.00556. The molecular formula is C12H24O2. The van der Waals surface area contributed by atoms with Gasteiger partial charge in [0.2, 0.25) is 0 Å². The lowest BCUT2D eigenvalue weighted by Gasteiger charge is -2.14. The molecule has 0 aromatic heterocycles. The Morgan fingerprint density at radius 1 is 1.07 bits per heavy atom. The average Bonchev–Trinajstić information content (AvgIpc) is 2.16. The molecule has 0 rings (SSSR count). The maximum absolute atomic E-state index is 10.5. The number of carboxylic acid groups (broad SMARTS) is 1. The molecule has 0 saturated heterocycles. The van der Waals surface area contributed by atoms with Crippen molar-refractivity contribution in [2.75, 3.05) is 0 Å². The van der Waals surface area contributed by atoms with Gasteiger partial charge >= 0.3 is 5.97 Å². The quantitative estimate of drug-likeness (QED) is 0.614. The summed E-state index contributed by atoms with van der Waals surface area (Å²) in [7, 11) is 0. The van der Waals surface area contributed by atoms with E-state index >= 15 is 0 Å². The van der Waals surface area contributed by atoms with E-state index in [9.17, 15) is 4.79 Å². The highest BCUT2D eigenvalue weighted by atomic mass is 16.4. The molecule has 0 aromatic carbocycles. The van der Waals surface area contributed by atoms with Gasteiger partial charge in [-0.25, -0.2) is 0 Å². The maximum Gasteiger partial charge on any atom is 0.303 e. The smallest absolute Gasteiger partial charge is 0.303 e. The van der Waals surface area contributed by atoms with E-state index in [0.717, 1.165) is 6.42 Å². The molecule has 0 amide bonds. The highest BCUT2D eigenvalue weighted by molar-refractivity contribution is 5.66. The van der Waals surface area contributed by atoms with Crippen LogP contribution in [0.25, 0.3) is 0 Å². The van der Waals surface area contributed by atoms with Gasteiger partial charge in [0, 0.05) is 6.42 Å². The van der Waals surface area contributed by atoms with Crippen molar-refractivity contribution in [2.24, 2.45) is 5.92 Å². The number of unbranched alkanes of at least 4 members (excludes halogenated alkanes) is 2. The van der Waals surface area contributed by atoms with Crippen molar-refractivity contribution in [1.82, 2.24) is 0 Å². The highest BCUT2D eigenvalue weighted by Crippen LogP contribution is 2.21. The SMILES string of the molecule is CCCCC(CCCC)CCC(=O)O. The van der Waals surface area contributed by atoms with Crippen molar-refractivity contribution in [2.45, 2.75) is 65.2 Å². The predicted octanol–water partition coefficient (Wildman–Crippen LogP) is 3.85. The lowest BCUT2D eigenvalue weighted by molar-refractivity contribution is -0.137. The van der Waals surface area contributed by atoms with Crippen molar-refractivity contribution >= 4 is 5.97 Å². The fourth-order valence-corrected chi connectivity index (χ4v) is 1.75. The summed E-state index contributed by atoms with van der Waals surface area (Å²) in [6.45, 7) is 4.38. The molecule has 0 aliphatic rings. The Morgan fingerprint density at radius 3 is 1.93 bits per heavy atom. The molecule has 2 heteroatoms. The first kappa shape index (κ1) is 13.5. The van der Waals surface area contributed by atoms with Crippen LogP contribution in [0.15, 0.2) is 0 Å². The van der Waals surface area contributed by atoms with Crippen LogP contribution in [0.1, 0.15) is 65.2 Å². The van der Waals surface area contributed by atoms with Crippen LogP contribution in [0.2, 0.25) is 0 Å². The largest absolute Gasteiger partial charge is 0.481 e. The van der Waals surface area contributed by atoms with Gasteiger partial charge in [0.1, 0.15) is 0 Å². The standard InChI is InChI=1S/C12H24O2/c1-3-5-7-11(8-6-4-2)9-10-12(13)14/h11H,3-10H2,1-2H3,(H,13,14). The molecule has 0 saturated carbocycles. The number of carboxylic acids is 1. The predicted molar refractivity (Wildman–Crippen MR) is 59.4 cm³/mol. The minimum Gasteiger partial charge on any atom is -0.481 e. The van der Waals surface area contributed by atoms with Gasteiger partial charge in [-0.1, -0.05) is 52.4 Å². The minimum atomic E-state index is -0.650. The number of carbonyl (C=O) groups is 1. The third-order valence-electron chi connectivity index (χ3n) is 2.70. The van der Waals surface area contributed by atoms with E-state index in [1.807, 2.05) is 0 Å². The van der Waals surface area contributed by atoms with E-state index in [2.05, 4.69) is 13.8 Å². The zero-order chi connectivity index (χ0) is 10.8. The van der Waals surface area contributed by atoms with Gasteiger partial charge in [-0.05, 0) is 12.3 Å². The molecule has 84 valence electrons. The zero-order valence-electron chi connectivity index (χ0n) is 9.59. The first-order chi connectivity index (χ1) is 6.70. The summed E-state index contributed by atoms with van der Waals surface area (Å²) in [5.41, 5.74) is 0. The third-order valence-corrected chi connectivity index (χ3v) is 2.70. The van der Waals surface area contributed by atoms with E-state index in [0.29, 0.717) is 12.3 Å². The zero-order valence-corrected chi connectivity index (χ0v) is 9.59. The minimum absolute atomic E-state index is 0.345. The molecule has 0 aliphatic carbocycles. The van der Waals surface area contributed by atoms with Crippen molar-refractivity contribution in [1.29, 1.82) is 0 Å². The van der Waals surface area contributed by atoms with Crippen LogP contribution in [0.4, 0.5) is 0 Å². The van der Waals surface area contributed by atoms with Gasteiger partial charge in [-0.3, -0.25) is 4.79 Å². The Bertz CT molecular complexity index is 135. The summed E-state index contributed by atoms with van der Waals surface area (Å²) in [5, 5.41) is 8.61. The first-order valence-electron chi connectivity index (χ1n) is 5.92. The molecule has 0 aromatic rings. The summed E-state index contributed by atoms with van der Waals surface area (Å²) >= 11 is 0. The van der Waals surface area contributed by atoms with Crippen LogP contribution in [0.3, 0.4) is 0 Å². The Labute approximate surface area is 87.7 Å². The number of rotatable bonds is 9. The van der Waals surface area contributed by atoms with Crippen LogP contribution in [-0.4, -0.2) is 11.1 Å². The summed E-state index contributed by atoms with van der Waals surface area (Å²) < 4.78 is 0. The number of aliphatic carboxylic acids is 1. The second-order valence-electron chi connectivity index (χ2n) is 4.08. The summed E-state index contributed by atoms with van der Waals surface area (Å²) in [6, 6.07) is 0. The van der Waals surface area contributed by atoms with Crippen LogP contribution < -0.4 is 0 Å². The van der Waals surface area contributed by atoms with Crippen LogP contribution in [0, 0.1) is 5.92 Å². The van der Waals surface area contributed by atoms with Crippen LogP contribution >= 0.6 is 0 Å². The van der Waals surface area contributed by atoms with Crippen molar-refractivity contribution < 1.29 is 9.90 Å². The number of hydrogen-bond donors (Lipinski definition) is 1. The van der Waals surface area contributed by atoms with Gasteiger partial charge in [-0.15, -0.1) is 0 Å². The molecule has 0 atom stereocenters. The van der Waals surface area contributed by atoms with Crippen molar-refractivity contribution in [3.8, 4) is 0 Å². The Balaban J connectivity index is 3.65. The van der Waals surface area contributed by atoms with E-state index in [-0.39, 0.29) is 0 Å². The molecule has 1 N–H and O–H groups in total. The topological polar surface area (TPSA) is 37.3 Å². The van der Waals surface area contributed by atoms with E-state index in [4.69, 9.17) is 5.11 Å². The second kappa shape index (κ2) is 9.04. The Kier molecular flexibility index (Phi) is 8.70. The molecule has 0 unspecified atom stereocenters. The summed E-state index contributed by atoms with van der Waals surface area (Å²) in [6.07, 6.45) is 8.56. The monoisotopic (exact) mass is 200 g/mol. The fraction of sp³-hybridized carbons (Fsp3) is 0.917. The van der Waals surface area contributed by atoms with Gasteiger partial charge in [-0.2, -0.15) is 0 Å².